The Hall–Kier alpha value is -3.58. The second kappa shape index (κ2) is 11.6. The number of hydrogen-bond acceptors (Lipinski definition) is 7. The monoisotopic (exact) mass is 517 g/mol. The van der Waals surface area contributed by atoms with E-state index < -0.39 is 41.2 Å². The zero-order chi connectivity index (χ0) is 27.2. The molecule has 0 spiro atoms. The fourth-order valence-corrected chi connectivity index (χ4v) is 3.70. The van der Waals surface area contributed by atoms with Crippen LogP contribution in [0, 0.1) is 0 Å². The SMILES string of the molecule is NCC(N)(CN)C[C@H](N)C(=O)N[C@H](Cc1ccc(C(F)(F)F)cc1)C(=O)Nc1cnc2ccccc2c1. The van der Waals surface area contributed by atoms with E-state index in [1.165, 1.54) is 18.3 Å². The van der Waals surface area contributed by atoms with E-state index in [1.54, 1.807) is 6.07 Å². The maximum absolute atomic E-state index is 13.2. The highest BCUT2D eigenvalue weighted by Gasteiger charge is 2.32. The molecule has 0 bridgehead atoms. The highest BCUT2D eigenvalue weighted by Crippen LogP contribution is 2.29. The van der Waals surface area contributed by atoms with Crippen LogP contribution >= 0.6 is 0 Å². The van der Waals surface area contributed by atoms with Gasteiger partial charge in [-0.05, 0) is 36.2 Å². The van der Waals surface area contributed by atoms with Gasteiger partial charge in [0.25, 0.3) is 0 Å². The third-order valence-electron chi connectivity index (χ3n) is 5.99. The summed E-state index contributed by atoms with van der Waals surface area (Å²) >= 11 is 0. The Balaban J connectivity index is 1.81. The van der Waals surface area contributed by atoms with E-state index in [0.717, 1.165) is 23.0 Å². The fourth-order valence-electron chi connectivity index (χ4n) is 3.70. The van der Waals surface area contributed by atoms with Crippen molar-refractivity contribution < 1.29 is 22.8 Å². The van der Waals surface area contributed by atoms with Crippen molar-refractivity contribution in [1.29, 1.82) is 0 Å². The zero-order valence-corrected chi connectivity index (χ0v) is 20.0. The van der Waals surface area contributed by atoms with Gasteiger partial charge in [0.1, 0.15) is 6.04 Å². The molecule has 9 nitrogen and oxygen atoms in total. The van der Waals surface area contributed by atoms with Gasteiger partial charge in [-0.3, -0.25) is 14.6 Å². The Labute approximate surface area is 211 Å². The topological polar surface area (TPSA) is 175 Å². The first-order chi connectivity index (χ1) is 17.4. The van der Waals surface area contributed by atoms with Gasteiger partial charge in [0.05, 0.1) is 29.0 Å². The molecule has 198 valence electrons. The van der Waals surface area contributed by atoms with Crippen molar-refractivity contribution in [2.75, 3.05) is 18.4 Å². The number of alkyl halides is 3. The highest BCUT2D eigenvalue weighted by molar-refractivity contribution is 5.99. The number of amides is 2. The van der Waals surface area contributed by atoms with E-state index in [0.29, 0.717) is 11.3 Å². The van der Waals surface area contributed by atoms with Crippen molar-refractivity contribution in [2.45, 2.75) is 36.6 Å². The molecule has 0 radical (unpaired) electrons. The predicted molar refractivity (Wildman–Crippen MR) is 135 cm³/mol. The van der Waals surface area contributed by atoms with Gasteiger partial charge in [-0.15, -0.1) is 0 Å². The molecule has 2 atom stereocenters. The number of hydrogen-bond donors (Lipinski definition) is 6. The summed E-state index contributed by atoms with van der Waals surface area (Å²) in [7, 11) is 0. The molecule has 0 aliphatic heterocycles. The molecule has 3 rings (SSSR count). The number of anilines is 1. The third kappa shape index (κ3) is 7.46. The van der Waals surface area contributed by atoms with Gasteiger partial charge >= 0.3 is 6.18 Å². The molecule has 3 aromatic rings. The van der Waals surface area contributed by atoms with Gasteiger partial charge in [-0.1, -0.05) is 30.3 Å². The molecule has 1 heterocycles. The number of fused-ring (bicyclic) bond motifs is 1. The minimum atomic E-state index is -4.50. The smallest absolute Gasteiger partial charge is 0.343 e. The van der Waals surface area contributed by atoms with E-state index in [1.807, 2.05) is 24.3 Å². The molecule has 10 N–H and O–H groups in total. The van der Waals surface area contributed by atoms with E-state index in [-0.39, 0.29) is 25.9 Å². The first kappa shape index (κ1) is 28.0. The molecule has 12 heteroatoms. The van der Waals surface area contributed by atoms with Crippen molar-refractivity contribution in [1.82, 2.24) is 10.3 Å². The number of nitrogens with zero attached hydrogens (tertiary/aromatic N) is 1. The molecular weight excluding hydrogens is 487 g/mol. The van der Waals surface area contributed by atoms with Crippen molar-refractivity contribution in [2.24, 2.45) is 22.9 Å². The molecule has 0 fully saturated rings. The molecule has 37 heavy (non-hydrogen) atoms. The van der Waals surface area contributed by atoms with Crippen LogP contribution in [0.2, 0.25) is 0 Å². The van der Waals surface area contributed by atoms with Crippen LogP contribution in [0.1, 0.15) is 17.5 Å². The fraction of sp³-hybridized carbons (Fsp3) is 0.320. The molecule has 2 aromatic carbocycles. The average molecular weight is 518 g/mol. The van der Waals surface area contributed by atoms with Crippen LogP contribution in [-0.4, -0.2) is 47.5 Å². The number of nitrogens with two attached hydrogens (primary N) is 4. The third-order valence-corrected chi connectivity index (χ3v) is 5.99. The van der Waals surface area contributed by atoms with E-state index in [2.05, 4.69) is 15.6 Å². The molecule has 0 aliphatic rings. The number of benzene rings is 2. The summed E-state index contributed by atoms with van der Waals surface area (Å²) in [5, 5.41) is 6.07. The van der Waals surface area contributed by atoms with Crippen molar-refractivity contribution >= 4 is 28.4 Å². The maximum atomic E-state index is 13.2. The number of halogens is 3. The Bertz CT molecular complexity index is 1230. The minimum absolute atomic E-state index is 0.00505. The van der Waals surface area contributed by atoms with E-state index in [4.69, 9.17) is 22.9 Å². The lowest BCUT2D eigenvalue weighted by Gasteiger charge is -2.29. The summed E-state index contributed by atoms with van der Waals surface area (Å²) in [5.74, 6) is -1.28. The summed E-state index contributed by atoms with van der Waals surface area (Å²) in [6.07, 6.45) is -3.16. The van der Waals surface area contributed by atoms with E-state index >= 15 is 0 Å². The molecular formula is C25H30F3N7O2. The number of para-hydroxylation sites is 1. The molecule has 0 saturated carbocycles. The first-order valence-electron chi connectivity index (χ1n) is 11.5. The van der Waals surface area contributed by atoms with Gasteiger partial charge in [-0.2, -0.15) is 13.2 Å². The van der Waals surface area contributed by atoms with Gasteiger partial charge in [-0.25, -0.2) is 0 Å². The van der Waals surface area contributed by atoms with Gasteiger partial charge in [0, 0.05) is 30.4 Å². The average Bonchev–Trinajstić information content (AvgIpc) is 2.87. The van der Waals surface area contributed by atoms with Gasteiger partial charge < -0.3 is 33.6 Å². The minimum Gasteiger partial charge on any atom is -0.343 e. The van der Waals surface area contributed by atoms with Crippen molar-refractivity contribution in [3.05, 3.63) is 71.9 Å². The Morgan fingerprint density at radius 1 is 0.973 bits per heavy atom. The lowest BCUT2D eigenvalue weighted by atomic mass is 9.92. The second-order valence-electron chi connectivity index (χ2n) is 8.95. The van der Waals surface area contributed by atoms with Crippen molar-refractivity contribution in [3.8, 4) is 0 Å². The van der Waals surface area contributed by atoms with Crippen LogP contribution in [0.15, 0.2) is 60.8 Å². The van der Waals surface area contributed by atoms with Gasteiger partial charge in [0.2, 0.25) is 11.8 Å². The molecule has 1 aromatic heterocycles. The van der Waals surface area contributed by atoms with Crippen LogP contribution in [0.5, 0.6) is 0 Å². The Morgan fingerprint density at radius 2 is 1.62 bits per heavy atom. The lowest BCUT2D eigenvalue weighted by molar-refractivity contribution is -0.137. The standard InChI is InChI=1S/C25H30F3N7O2/c26-25(27,28)17-7-5-15(6-8-17)9-21(35-22(36)19(31)11-24(32,13-29)14-30)23(37)34-18-10-16-3-1-2-4-20(16)33-12-18/h1-8,10,12,19,21H,9,11,13-14,29-32H2,(H,34,37)(H,35,36)/t19-,21+/m0/s1. The first-order valence-corrected chi connectivity index (χ1v) is 11.5. The lowest BCUT2D eigenvalue weighted by Crippen LogP contribution is -2.59. The second-order valence-corrected chi connectivity index (χ2v) is 8.95. The Kier molecular flexibility index (Phi) is 8.81. The van der Waals surface area contributed by atoms with Crippen LogP contribution in [0.3, 0.4) is 0 Å². The highest BCUT2D eigenvalue weighted by atomic mass is 19.4. The quantitative estimate of drug-likeness (QED) is 0.235. The number of nitrogens with one attached hydrogen (secondary N) is 2. The maximum Gasteiger partial charge on any atom is 0.416 e. The predicted octanol–water partition coefficient (Wildman–Crippen LogP) is 1.25. The molecule has 2 amide bonds. The number of carbonyl (C=O) groups excluding carboxylic acids is 2. The number of rotatable bonds is 10. The van der Waals surface area contributed by atoms with Crippen LogP contribution < -0.4 is 33.6 Å². The zero-order valence-electron chi connectivity index (χ0n) is 20.0. The number of pyridine rings is 1. The van der Waals surface area contributed by atoms with Crippen molar-refractivity contribution in [3.63, 3.8) is 0 Å². The summed E-state index contributed by atoms with van der Waals surface area (Å²) in [6, 6.07) is 11.1. The van der Waals surface area contributed by atoms with Crippen LogP contribution in [0.4, 0.5) is 18.9 Å². The molecule has 0 unspecified atom stereocenters. The van der Waals surface area contributed by atoms with Crippen LogP contribution in [-0.2, 0) is 22.2 Å². The molecule has 0 aliphatic carbocycles. The molecule has 0 saturated heterocycles. The van der Waals surface area contributed by atoms with E-state index in [9.17, 15) is 22.8 Å². The largest absolute Gasteiger partial charge is 0.416 e. The number of carbonyl (C=O) groups is 2. The summed E-state index contributed by atoms with van der Waals surface area (Å²) in [6.45, 7) is -0.0101. The normalized spacial score (nSPS) is 13.7. The summed E-state index contributed by atoms with van der Waals surface area (Å²) < 4.78 is 38.8. The van der Waals surface area contributed by atoms with Crippen LogP contribution in [0.25, 0.3) is 10.9 Å². The summed E-state index contributed by atoms with van der Waals surface area (Å²) in [4.78, 5) is 30.3. The van der Waals surface area contributed by atoms with Gasteiger partial charge in [0.15, 0.2) is 0 Å². The summed E-state index contributed by atoms with van der Waals surface area (Å²) in [5.41, 5.74) is 23.0. The number of aromatic nitrogens is 1. The Morgan fingerprint density at radius 3 is 2.24 bits per heavy atom.